The highest BCUT2D eigenvalue weighted by Gasteiger charge is 2.25. The first kappa shape index (κ1) is 19.7. The molecule has 0 aliphatic carbocycles. The van der Waals surface area contributed by atoms with Gasteiger partial charge in [0.1, 0.15) is 11.7 Å². The Balaban J connectivity index is 2.81. The molecule has 0 unspecified atom stereocenters. The smallest absolute Gasteiger partial charge is 0.328 e. The van der Waals surface area contributed by atoms with E-state index in [1.165, 1.54) is 12.3 Å². The summed E-state index contributed by atoms with van der Waals surface area (Å²) < 4.78 is 9.71. The van der Waals surface area contributed by atoms with Gasteiger partial charge >= 0.3 is 11.9 Å². The number of nitrogens with zero attached hydrogens (tertiary/aromatic N) is 1. The molecule has 0 radical (unpaired) electrons. The maximum absolute atomic E-state index is 12.2. The van der Waals surface area contributed by atoms with Gasteiger partial charge in [-0.25, -0.2) is 9.78 Å². The number of carbonyl (C=O) groups excluding carboxylic acids is 3. The van der Waals surface area contributed by atoms with E-state index in [1.54, 1.807) is 13.8 Å². The van der Waals surface area contributed by atoms with E-state index in [2.05, 4.69) is 10.3 Å². The molecule has 0 saturated heterocycles. The number of ether oxygens (including phenoxy) is 2. The molecule has 0 aliphatic rings. The van der Waals surface area contributed by atoms with Crippen molar-refractivity contribution in [3.63, 3.8) is 0 Å². The minimum absolute atomic E-state index is 0.0377. The van der Waals surface area contributed by atoms with Gasteiger partial charge in [-0.1, -0.05) is 11.6 Å². The Bertz CT molecular complexity index is 609. The molecule has 0 fully saturated rings. The van der Waals surface area contributed by atoms with Gasteiger partial charge in [0.15, 0.2) is 0 Å². The highest BCUT2D eigenvalue weighted by Crippen LogP contribution is 2.16. The van der Waals surface area contributed by atoms with Crippen LogP contribution in [0.2, 0.25) is 5.02 Å². The minimum atomic E-state index is -1.02. The van der Waals surface area contributed by atoms with Gasteiger partial charge in [0, 0.05) is 6.42 Å². The third-order valence-corrected chi connectivity index (χ3v) is 3.18. The zero-order valence-corrected chi connectivity index (χ0v) is 14.3. The Morgan fingerprint density at radius 2 is 1.96 bits per heavy atom. The fourth-order valence-corrected chi connectivity index (χ4v) is 2.09. The van der Waals surface area contributed by atoms with E-state index in [9.17, 15) is 14.4 Å². The van der Waals surface area contributed by atoms with Gasteiger partial charge in [-0.3, -0.25) is 9.59 Å². The Hall–Kier alpha value is -2.35. The number of esters is 2. The van der Waals surface area contributed by atoms with Crippen LogP contribution in [0, 0.1) is 0 Å². The summed E-state index contributed by atoms with van der Waals surface area (Å²) in [6, 6.07) is 0.360. The second kappa shape index (κ2) is 9.71. The Kier molecular flexibility index (Phi) is 7.97. The first-order valence-corrected chi connectivity index (χ1v) is 7.80. The summed E-state index contributed by atoms with van der Waals surface area (Å²) in [5.41, 5.74) is 5.76. The minimum Gasteiger partial charge on any atom is -0.466 e. The van der Waals surface area contributed by atoms with Crippen LogP contribution in [0.4, 0.5) is 5.69 Å². The number of pyridine rings is 1. The molecule has 0 aromatic carbocycles. The van der Waals surface area contributed by atoms with E-state index in [1.807, 2.05) is 0 Å². The maximum atomic E-state index is 12.2. The van der Waals surface area contributed by atoms with Crippen molar-refractivity contribution in [3.8, 4) is 0 Å². The average Bonchev–Trinajstić information content (AvgIpc) is 2.51. The Morgan fingerprint density at radius 1 is 1.29 bits per heavy atom. The van der Waals surface area contributed by atoms with Gasteiger partial charge in [-0.2, -0.15) is 0 Å². The first-order chi connectivity index (χ1) is 11.4. The first-order valence-electron chi connectivity index (χ1n) is 7.43. The third-order valence-electron chi connectivity index (χ3n) is 2.90. The highest BCUT2D eigenvalue weighted by atomic mass is 35.5. The number of amides is 1. The molecule has 0 bridgehead atoms. The van der Waals surface area contributed by atoms with Crippen molar-refractivity contribution >= 4 is 35.1 Å². The Labute approximate surface area is 144 Å². The van der Waals surface area contributed by atoms with Gasteiger partial charge in [0.25, 0.3) is 5.91 Å². The van der Waals surface area contributed by atoms with Gasteiger partial charge in [0.2, 0.25) is 0 Å². The third kappa shape index (κ3) is 6.04. The standard InChI is InChI=1S/C15H20ClN3O5/c1-3-23-12(20)6-5-11(15(22)24-4-2)19-14(21)13-10(16)7-9(17)8-18-13/h7-8,11H,3-6,17H2,1-2H3,(H,19,21)/t11-/m0/s1. The fourth-order valence-electron chi connectivity index (χ4n) is 1.83. The summed E-state index contributed by atoms with van der Waals surface area (Å²) in [6.45, 7) is 3.70. The van der Waals surface area contributed by atoms with Crippen molar-refractivity contribution in [1.82, 2.24) is 10.3 Å². The quantitative estimate of drug-likeness (QED) is 0.673. The molecule has 0 spiro atoms. The number of carbonyl (C=O) groups is 3. The van der Waals surface area contributed by atoms with Gasteiger partial charge in [-0.05, 0) is 26.3 Å². The summed E-state index contributed by atoms with van der Waals surface area (Å²) in [6.07, 6.45) is 1.27. The lowest BCUT2D eigenvalue weighted by Crippen LogP contribution is -2.42. The summed E-state index contributed by atoms with van der Waals surface area (Å²) in [4.78, 5) is 39.5. The second-order valence-corrected chi connectivity index (χ2v) is 5.13. The number of nitrogens with two attached hydrogens (primary N) is 1. The van der Waals surface area contributed by atoms with Crippen LogP contribution in [0.5, 0.6) is 0 Å². The molecule has 132 valence electrons. The van der Waals surface area contributed by atoms with Crippen LogP contribution in [-0.4, -0.2) is 42.1 Å². The number of nitrogen functional groups attached to an aromatic ring is 1. The van der Waals surface area contributed by atoms with Crippen LogP contribution in [0.3, 0.4) is 0 Å². The molecular weight excluding hydrogens is 338 g/mol. The largest absolute Gasteiger partial charge is 0.466 e. The van der Waals surface area contributed by atoms with Crippen LogP contribution in [-0.2, 0) is 19.1 Å². The molecule has 0 saturated carbocycles. The maximum Gasteiger partial charge on any atom is 0.328 e. The molecule has 1 amide bonds. The molecule has 1 heterocycles. The van der Waals surface area contributed by atoms with Gasteiger partial charge in [0.05, 0.1) is 30.1 Å². The number of hydrogen-bond donors (Lipinski definition) is 2. The average molecular weight is 358 g/mol. The molecule has 9 heteroatoms. The summed E-state index contributed by atoms with van der Waals surface area (Å²) in [5.74, 6) is -1.78. The van der Waals surface area contributed by atoms with E-state index in [4.69, 9.17) is 26.8 Å². The highest BCUT2D eigenvalue weighted by molar-refractivity contribution is 6.33. The van der Waals surface area contributed by atoms with Crippen LogP contribution in [0.25, 0.3) is 0 Å². The van der Waals surface area contributed by atoms with Crippen LogP contribution >= 0.6 is 11.6 Å². The van der Waals surface area contributed by atoms with E-state index < -0.39 is 23.9 Å². The van der Waals surface area contributed by atoms with Crippen molar-refractivity contribution in [2.24, 2.45) is 0 Å². The summed E-state index contributed by atoms with van der Waals surface area (Å²) in [7, 11) is 0. The van der Waals surface area contributed by atoms with Crippen molar-refractivity contribution < 1.29 is 23.9 Å². The van der Waals surface area contributed by atoms with Crippen molar-refractivity contribution in [3.05, 3.63) is 23.0 Å². The van der Waals surface area contributed by atoms with Crippen molar-refractivity contribution in [2.45, 2.75) is 32.7 Å². The number of aromatic nitrogens is 1. The molecule has 1 aromatic heterocycles. The molecular formula is C15H20ClN3O5. The Morgan fingerprint density at radius 3 is 2.54 bits per heavy atom. The van der Waals surface area contributed by atoms with Crippen LogP contribution in [0.1, 0.15) is 37.2 Å². The number of halogens is 1. The zero-order chi connectivity index (χ0) is 18.1. The van der Waals surface area contributed by atoms with Crippen LogP contribution < -0.4 is 11.1 Å². The lowest BCUT2D eigenvalue weighted by Gasteiger charge is -2.17. The molecule has 3 N–H and O–H groups in total. The van der Waals surface area contributed by atoms with E-state index in [0.717, 1.165) is 0 Å². The topological polar surface area (TPSA) is 121 Å². The fraction of sp³-hybridized carbons (Fsp3) is 0.467. The molecule has 1 rings (SSSR count). The monoisotopic (exact) mass is 357 g/mol. The predicted octanol–water partition coefficient (Wildman–Crippen LogP) is 1.32. The lowest BCUT2D eigenvalue weighted by atomic mass is 10.1. The van der Waals surface area contributed by atoms with E-state index >= 15 is 0 Å². The normalized spacial score (nSPS) is 11.5. The lowest BCUT2D eigenvalue weighted by molar-refractivity contribution is -0.146. The second-order valence-electron chi connectivity index (χ2n) is 4.72. The predicted molar refractivity (Wildman–Crippen MR) is 87.4 cm³/mol. The number of nitrogens with one attached hydrogen (secondary N) is 1. The summed E-state index contributed by atoms with van der Waals surface area (Å²) in [5, 5.41) is 2.52. The van der Waals surface area contributed by atoms with Gasteiger partial charge < -0.3 is 20.5 Å². The number of rotatable bonds is 8. The zero-order valence-electron chi connectivity index (χ0n) is 13.5. The molecule has 1 aromatic rings. The number of anilines is 1. The van der Waals surface area contributed by atoms with E-state index in [-0.39, 0.29) is 36.8 Å². The SMILES string of the molecule is CCOC(=O)CC[C@H](NC(=O)c1ncc(N)cc1Cl)C(=O)OCC. The summed E-state index contributed by atoms with van der Waals surface area (Å²) >= 11 is 5.92. The van der Waals surface area contributed by atoms with Gasteiger partial charge in [-0.15, -0.1) is 0 Å². The number of hydrogen-bond acceptors (Lipinski definition) is 7. The van der Waals surface area contributed by atoms with Crippen LogP contribution in [0.15, 0.2) is 12.3 Å². The molecule has 8 nitrogen and oxygen atoms in total. The molecule has 24 heavy (non-hydrogen) atoms. The molecule has 0 aliphatic heterocycles. The molecule has 1 atom stereocenters. The van der Waals surface area contributed by atoms with Crippen molar-refractivity contribution in [1.29, 1.82) is 0 Å². The van der Waals surface area contributed by atoms with E-state index in [0.29, 0.717) is 5.69 Å². The van der Waals surface area contributed by atoms with Crippen molar-refractivity contribution in [2.75, 3.05) is 18.9 Å².